The summed E-state index contributed by atoms with van der Waals surface area (Å²) in [6, 6.07) is 0. The SMILES string of the molecule is CC1(C#CCCOC2CCC3(CCC/C(=C\C=C4C[C@@H](O)C[C@@H](O)C4)C3)CC2)CO1. The van der Waals surface area contributed by atoms with Crippen LogP contribution in [-0.2, 0) is 9.47 Å². The first kappa shape index (κ1) is 22.1. The van der Waals surface area contributed by atoms with Crippen LogP contribution in [0.1, 0.15) is 84.0 Å². The summed E-state index contributed by atoms with van der Waals surface area (Å²) in [5.41, 5.74) is 3.03. The van der Waals surface area contributed by atoms with Crippen molar-refractivity contribution in [3.05, 3.63) is 23.3 Å². The second-order valence-corrected chi connectivity index (χ2v) is 10.3. The van der Waals surface area contributed by atoms with Crippen molar-refractivity contribution in [2.75, 3.05) is 13.2 Å². The Labute approximate surface area is 181 Å². The minimum atomic E-state index is -0.387. The summed E-state index contributed by atoms with van der Waals surface area (Å²) in [5.74, 6) is 6.36. The number of rotatable bonds is 4. The molecule has 3 aliphatic carbocycles. The molecule has 30 heavy (non-hydrogen) atoms. The van der Waals surface area contributed by atoms with Crippen LogP contribution in [0, 0.1) is 17.3 Å². The molecule has 4 nitrogen and oxygen atoms in total. The molecule has 0 bridgehead atoms. The lowest BCUT2D eigenvalue weighted by Gasteiger charge is -2.43. The fourth-order valence-electron chi connectivity index (χ4n) is 5.54. The third-order valence-electron chi connectivity index (χ3n) is 7.41. The predicted molar refractivity (Wildman–Crippen MR) is 118 cm³/mol. The first-order valence-corrected chi connectivity index (χ1v) is 11.9. The largest absolute Gasteiger partial charge is 0.393 e. The van der Waals surface area contributed by atoms with Crippen molar-refractivity contribution in [3.63, 3.8) is 0 Å². The Morgan fingerprint density at radius 2 is 1.80 bits per heavy atom. The number of ether oxygens (including phenoxy) is 2. The molecule has 4 rings (SSSR count). The van der Waals surface area contributed by atoms with E-state index in [1.54, 1.807) is 5.57 Å². The summed E-state index contributed by atoms with van der Waals surface area (Å²) >= 11 is 0. The van der Waals surface area contributed by atoms with Crippen LogP contribution >= 0.6 is 0 Å². The number of aliphatic hydroxyl groups excluding tert-OH is 2. The Bertz CT molecular complexity index is 701. The summed E-state index contributed by atoms with van der Waals surface area (Å²) in [4.78, 5) is 0. The maximum Gasteiger partial charge on any atom is 0.149 e. The van der Waals surface area contributed by atoms with Gasteiger partial charge in [-0.1, -0.05) is 35.1 Å². The minimum absolute atomic E-state index is 0.171. The van der Waals surface area contributed by atoms with Gasteiger partial charge in [0.1, 0.15) is 5.60 Å². The molecule has 1 saturated heterocycles. The number of allylic oxidation sites excluding steroid dienone is 3. The van der Waals surface area contributed by atoms with Gasteiger partial charge in [0, 0.05) is 6.42 Å². The molecular weight excluding hydrogens is 376 g/mol. The van der Waals surface area contributed by atoms with Gasteiger partial charge in [-0.15, -0.1) is 0 Å². The summed E-state index contributed by atoms with van der Waals surface area (Å²) in [6.07, 6.45) is 16.7. The third kappa shape index (κ3) is 6.20. The second kappa shape index (κ2) is 9.57. The van der Waals surface area contributed by atoms with Gasteiger partial charge < -0.3 is 19.7 Å². The molecule has 166 valence electrons. The third-order valence-corrected chi connectivity index (χ3v) is 7.41. The highest BCUT2D eigenvalue weighted by molar-refractivity contribution is 5.22. The van der Waals surface area contributed by atoms with Crippen molar-refractivity contribution in [2.24, 2.45) is 5.41 Å². The van der Waals surface area contributed by atoms with E-state index in [-0.39, 0.29) is 17.8 Å². The van der Waals surface area contributed by atoms with Crippen molar-refractivity contribution < 1.29 is 19.7 Å². The second-order valence-electron chi connectivity index (χ2n) is 10.3. The average molecular weight is 415 g/mol. The van der Waals surface area contributed by atoms with E-state index in [2.05, 4.69) is 24.0 Å². The van der Waals surface area contributed by atoms with E-state index in [0.29, 0.717) is 30.8 Å². The van der Waals surface area contributed by atoms with Gasteiger partial charge in [0.2, 0.25) is 0 Å². The topological polar surface area (TPSA) is 62.2 Å². The highest BCUT2D eigenvalue weighted by atomic mass is 16.6. The fraction of sp³-hybridized carbons (Fsp3) is 0.769. The highest BCUT2D eigenvalue weighted by Crippen LogP contribution is 2.49. The van der Waals surface area contributed by atoms with Crippen molar-refractivity contribution in [3.8, 4) is 11.8 Å². The average Bonchev–Trinajstić information content (AvgIpc) is 3.45. The lowest BCUT2D eigenvalue weighted by atomic mass is 9.63. The van der Waals surface area contributed by atoms with Gasteiger partial charge in [0.05, 0.1) is 31.5 Å². The molecule has 1 spiro atoms. The normalized spacial score (nSPS) is 41.6. The monoisotopic (exact) mass is 414 g/mol. The zero-order chi connectivity index (χ0) is 21.0. The van der Waals surface area contributed by atoms with Gasteiger partial charge in [0.25, 0.3) is 0 Å². The molecule has 3 atom stereocenters. The minimum Gasteiger partial charge on any atom is -0.393 e. The van der Waals surface area contributed by atoms with Crippen molar-refractivity contribution >= 4 is 0 Å². The van der Waals surface area contributed by atoms with Gasteiger partial charge in [-0.05, 0) is 83.0 Å². The van der Waals surface area contributed by atoms with E-state index in [4.69, 9.17) is 9.47 Å². The smallest absolute Gasteiger partial charge is 0.149 e. The molecule has 4 heteroatoms. The fourth-order valence-corrected chi connectivity index (χ4v) is 5.54. The van der Waals surface area contributed by atoms with Crippen LogP contribution in [0.3, 0.4) is 0 Å². The Balaban J connectivity index is 1.22. The molecule has 0 aromatic carbocycles. The summed E-state index contributed by atoms with van der Waals surface area (Å²) in [5, 5.41) is 19.8. The standard InChI is InChI=1S/C26H38O4/c1-25(19-30-25)10-2-3-14-29-24-8-12-26(13-9-24)11-4-5-20(18-26)6-7-21-15-22(27)17-23(28)16-21/h6-7,22-24,27-28H,3-5,8-9,11-19H2,1H3/b20-6+,21-7?/t22-,23+,24?,25?,26?. The number of hydrogen-bond acceptors (Lipinski definition) is 4. The summed E-state index contributed by atoms with van der Waals surface area (Å²) in [6.45, 7) is 3.53. The molecule has 4 aliphatic rings. The maximum atomic E-state index is 9.89. The van der Waals surface area contributed by atoms with Gasteiger partial charge in [-0.3, -0.25) is 0 Å². The van der Waals surface area contributed by atoms with Gasteiger partial charge in [-0.25, -0.2) is 0 Å². The Morgan fingerprint density at radius 3 is 2.50 bits per heavy atom. The number of epoxide rings is 1. The summed E-state index contributed by atoms with van der Waals surface area (Å²) < 4.78 is 11.4. The van der Waals surface area contributed by atoms with Crippen LogP contribution in [-0.4, -0.2) is 47.3 Å². The van der Waals surface area contributed by atoms with Gasteiger partial charge in [-0.2, -0.15) is 0 Å². The Morgan fingerprint density at radius 1 is 1.10 bits per heavy atom. The van der Waals surface area contributed by atoms with E-state index in [1.807, 2.05) is 6.92 Å². The van der Waals surface area contributed by atoms with Crippen molar-refractivity contribution in [2.45, 2.75) is 108 Å². The zero-order valence-electron chi connectivity index (χ0n) is 18.5. The van der Waals surface area contributed by atoms with Crippen molar-refractivity contribution in [1.82, 2.24) is 0 Å². The quantitative estimate of drug-likeness (QED) is 0.405. The van der Waals surface area contributed by atoms with E-state index < -0.39 is 0 Å². The predicted octanol–water partition coefficient (Wildman–Crippen LogP) is 4.45. The van der Waals surface area contributed by atoms with E-state index in [9.17, 15) is 10.2 Å². The van der Waals surface area contributed by atoms with Crippen molar-refractivity contribution in [1.29, 1.82) is 0 Å². The maximum absolute atomic E-state index is 9.89. The molecule has 2 N–H and O–H groups in total. The summed E-state index contributed by atoms with van der Waals surface area (Å²) in [7, 11) is 0. The molecule has 4 fully saturated rings. The molecule has 1 aliphatic heterocycles. The molecular formula is C26H38O4. The lowest BCUT2D eigenvalue weighted by Crippen LogP contribution is -2.33. The van der Waals surface area contributed by atoms with Crippen LogP contribution in [0.25, 0.3) is 0 Å². The number of hydrogen-bond donors (Lipinski definition) is 2. The molecule has 0 aromatic rings. The highest BCUT2D eigenvalue weighted by Gasteiger charge is 2.38. The molecule has 0 aromatic heterocycles. The van der Waals surface area contributed by atoms with E-state index in [1.165, 1.54) is 56.9 Å². The molecule has 3 saturated carbocycles. The van der Waals surface area contributed by atoms with Crippen LogP contribution in [0.15, 0.2) is 23.3 Å². The molecule has 1 unspecified atom stereocenters. The van der Waals surface area contributed by atoms with Crippen LogP contribution < -0.4 is 0 Å². The van der Waals surface area contributed by atoms with Gasteiger partial charge in [0.15, 0.2) is 0 Å². The Kier molecular flexibility index (Phi) is 7.05. The lowest BCUT2D eigenvalue weighted by molar-refractivity contribution is -0.00689. The van der Waals surface area contributed by atoms with Crippen LogP contribution in [0.4, 0.5) is 0 Å². The first-order chi connectivity index (χ1) is 14.4. The number of aliphatic hydroxyl groups is 2. The van der Waals surface area contributed by atoms with Crippen LogP contribution in [0.2, 0.25) is 0 Å². The van der Waals surface area contributed by atoms with Crippen LogP contribution in [0.5, 0.6) is 0 Å². The first-order valence-electron chi connectivity index (χ1n) is 11.9. The Hall–Kier alpha value is -1.12. The zero-order valence-corrected chi connectivity index (χ0v) is 18.5. The van der Waals surface area contributed by atoms with E-state index in [0.717, 1.165) is 19.6 Å². The van der Waals surface area contributed by atoms with E-state index >= 15 is 0 Å². The molecule has 0 amide bonds. The molecule has 1 heterocycles. The van der Waals surface area contributed by atoms with Gasteiger partial charge >= 0.3 is 0 Å². The molecule has 0 radical (unpaired) electrons.